The van der Waals surface area contributed by atoms with Crippen LogP contribution in [-0.2, 0) is 11.3 Å². The molecule has 0 aliphatic carbocycles. The topological polar surface area (TPSA) is 67.0 Å². The molecular formula is C22H30N3O3+. The number of benzene rings is 1. The van der Waals surface area contributed by atoms with Crippen LogP contribution in [0.3, 0.4) is 0 Å². The number of amides is 2. The fraction of sp³-hybridized carbons (Fsp3) is 0.455. The molecule has 0 unspecified atom stereocenters. The monoisotopic (exact) mass is 384 g/mol. The maximum Gasteiger partial charge on any atom is 0.287 e. The van der Waals surface area contributed by atoms with E-state index in [2.05, 4.69) is 36.5 Å². The van der Waals surface area contributed by atoms with E-state index in [1.165, 1.54) is 22.3 Å². The minimum absolute atomic E-state index is 0.00348. The zero-order chi connectivity index (χ0) is 20.1. The Morgan fingerprint density at radius 2 is 1.86 bits per heavy atom. The lowest BCUT2D eigenvalue weighted by Gasteiger charge is -2.35. The number of hydrogen-bond donors (Lipinski definition) is 2. The summed E-state index contributed by atoms with van der Waals surface area (Å²) in [5.74, 6) is -0.125. The third-order valence-electron chi connectivity index (χ3n) is 5.45. The van der Waals surface area contributed by atoms with E-state index in [4.69, 9.17) is 4.42 Å². The Labute approximate surface area is 166 Å². The minimum atomic E-state index is -0.546. The number of carbonyl (C=O) groups excluding carboxylic acids is 2. The van der Waals surface area contributed by atoms with Crippen molar-refractivity contribution in [2.24, 2.45) is 5.92 Å². The molecule has 1 aromatic heterocycles. The number of piperazine rings is 1. The zero-order valence-electron chi connectivity index (χ0n) is 16.9. The van der Waals surface area contributed by atoms with Crippen LogP contribution in [0.2, 0.25) is 0 Å². The van der Waals surface area contributed by atoms with Gasteiger partial charge in [-0.1, -0.05) is 38.1 Å². The molecule has 6 nitrogen and oxygen atoms in total. The van der Waals surface area contributed by atoms with E-state index >= 15 is 0 Å². The summed E-state index contributed by atoms with van der Waals surface area (Å²) in [6, 6.07) is 11.2. The van der Waals surface area contributed by atoms with Crippen LogP contribution in [0.1, 0.15) is 35.5 Å². The molecule has 0 spiro atoms. The molecule has 150 valence electrons. The van der Waals surface area contributed by atoms with Crippen LogP contribution in [0.4, 0.5) is 0 Å². The van der Waals surface area contributed by atoms with Crippen LogP contribution in [0.25, 0.3) is 0 Å². The van der Waals surface area contributed by atoms with Gasteiger partial charge < -0.3 is 19.5 Å². The van der Waals surface area contributed by atoms with Gasteiger partial charge >= 0.3 is 0 Å². The third-order valence-corrected chi connectivity index (χ3v) is 5.45. The Morgan fingerprint density at radius 3 is 2.46 bits per heavy atom. The van der Waals surface area contributed by atoms with Gasteiger partial charge in [0.1, 0.15) is 12.6 Å². The maximum atomic E-state index is 13.0. The second-order valence-corrected chi connectivity index (χ2v) is 7.85. The SMILES string of the molecule is Cc1ccccc1C[NH+]1CCN(C(=O)[C@@H](NC(=O)c2ccco2)C(C)C)CC1. The van der Waals surface area contributed by atoms with Gasteiger partial charge in [-0.2, -0.15) is 0 Å². The number of nitrogens with zero attached hydrogens (tertiary/aromatic N) is 1. The molecule has 2 heterocycles. The Balaban J connectivity index is 1.56. The summed E-state index contributed by atoms with van der Waals surface area (Å²) in [5.41, 5.74) is 2.68. The molecule has 0 radical (unpaired) electrons. The lowest BCUT2D eigenvalue weighted by Crippen LogP contribution is -3.13. The molecule has 2 amide bonds. The van der Waals surface area contributed by atoms with E-state index in [-0.39, 0.29) is 23.5 Å². The van der Waals surface area contributed by atoms with Gasteiger partial charge in [0.15, 0.2) is 5.76 Å². The predicted octanol–water partition coefficient (Wildman–Crippen LogP) is 1.27. The lowest BCUT2D eigenvalue weighted by molar-refractivity contribution is -0.917. The van der Waals surface area contributed by atoms with Crippen molar-refractivity contribution in [2.45, 2.75) is 33.4 Å². The van der Waals surface area contributed by atoms with E-state index < -0.39 is 6.04 Å². The molecule has 1 aliphatic rings. The molecule has 0 saturated carbocycles. The fourth-order valence-electron chi connectivity index (χ4n) is 3.63. The van der Waals surface area contributed by atoms with Crippen LogP contribution in [0, 0.1) is 12.8 Å². The third kappa shape index (κ3) is 4.81. The van der Waals surface area contributed by atoms with E-state index in [1.54, 1.807) is 12.1 Å². The molecule has 28 heavy (non-hydrogen) atoms. The molecule has 3 rings (SSSR count). The number of quaternary nitrogens is 1. The molecule has 0 bridgehead atoms. The molecule has 1 atom stereocenters. The number of nitrogens with one attached hydrogen (secondary N) is 2. The Morgan fingerprint density at radius 1 is 1.14 bits per heavy atom. The minimum Gasteiger partial charge on any atom is -0.459 e. The summed E-state index contributed by atoms with van der Waals surface area (Å²) in [7, 11) is 0. The highest BCUT2D eigenvalue weighted by atomic mass is 16.3. The first-order valence-corrected chi connectivity index (χ1v) is 9.97. The van der Waals surface area contributed by atoms with Gasteiger partial charge in [0, 0.05) is 5.56 Å². The highest BCUT2D eigenvalue weighted by molar-refractivity contribution is 5.95. The van der Waals surface area contributed by atoms with Crippen molar-refractivity contribution < 1.29 is 18.9 Å². The van der Waals surface area contributed by atoms with Crippen molar-refractivity contribution in [1.82, 2.24) is 10.2 Å². The average molecular weight is 385 g/mol. The first-order chi connectivity index (χ1) is 13.5. The number of furan rings is 1. The molecule has 1 aliphatic heterocycles. The summed E-state index contributed by atoms with van der Waals surface area (Å²) in [5, 5.41) is 2.84. The van der Waals surface area contributed by atoms with Gasteiger partial charge in [-0.3, -0.25) is 9.59 Å². The average Bonchev–Trinajstić information content (AvgIpc) is 3.22. The van der Waals surface area contributed by atoms with E-state index in [1.807, 2.05) is 18.7 Å². The van der Waals surface area contributed by atoms with Crippen LogP contribution < -0.4 is 10.2 Å². The second-order valence-electron chi connectivity index (χ2n) is 7.85. The Kier molecular flexibility index (Phi) is 6.52. The number of rotatable bonds is 6. The van der Waals surface area contributed by atoms with Gasteiger partial charge in [0.05, 0.1) is 32.4 Å². The summed E-state index contributed by atoms with van der Waals surface area (Å²) in [6.07, 6.45) is 1.46. The summed E-state index contributed by atoms with van der Waals surface area (Å²) in [6.45, 7) is 10.3. The van der Waals surface area contributed by atoms with Crippen molar-refractivity contribution in [3.8, 4) is 0 Å². The largest absolute Gasteiger partial charge is 0.459 e. The lowest BCUT2D eigenvalue weighted by atomic mass is 10.0. The highest BCUT2D eigenvalue weighted by Crippen LogP contribution is 2.10. The number of hydrogen-bond acceptors (Lipinski definition) is 3. The summed E-state index contributed by atoms with van der Waals surface area (Å²) < 4.78 is 5.14. The first-order valence-electron chi connectivity index (χ1n) is 9.97. The van der Waals surface area contributed by atoms with Crippen LogP contribution >= 0.6 is 0 Å². The second kappa shape index (κ2) is 9.06. The first kappa shape index (κ1) is 20.1. The maximum absolute atomic E-state index is 13.0. The predicted molar refractivity (Wildman–Crippen MR) is 107 cm³/mol. The zero-order valence-corrected chi connectivity index (χ0v) is 16.9. The van der Waals surface area contributed by atoms with Gasteiger partial charge in [0.25, 0.3) is 5.91 Å². The van der Waals surface area contributed by atoms with E-state index in [9.17, 15) is 9.59 Å². The summed E-state index contributed by atoms with van der Waals surface area (Å²) in [4.78, 5) is 28.7. The van der Waals surface area contributed by atoms with Crippen LogP contribution in [0.5, 0.6) is 0 Å². The van der Waals surface area contributed by atoms with Gasteiger partial charge in [-0.05, 0) is 30.5 Å². The molecule has 1 aromatic carbocycles. The van der Waals surface area contributed by atoms with Crippen molar-refractivity contribution in [1.29, 1.82) is 0 Å². The summed E-state index contributed by atoms with van der Waals surface area (Å²) >= 11 is 0. The normalized spacial score (nSPS) is 16.2. The quantitative estimate of drug-likeness (QED) is 0.788. The molecule has 2 N–H and O–H groups in total. The smallest absolute Gasteiger partial charge is 0.287 e. The fourth-order valence-corrected chi connectivity index (χ4v) is 3.63. The molecule has 2 aromatic rings. The molecule has 1 saturated heterocycles. The van der Waals surface area contributed by atoms with Gasteiger partial charge in [0.2, 0.25) is 5.91 Å². The van der Waals surface area contributed by atoms with E-state index in [0.717, 1.165) is 19.6 Å². The van der Waals surface area contributed by atoms with Crippen molar-refractivity contribution >= 4 is 11.8 Å². The molecule has 1 fully saturated rings. The standard InChI is InChI=1S/C22H29N3O3/c1-16(2)20(23-21(26)19-9-6-14-28-19)22(27)25-12-10-24(11-13-25)15-18-8-5-4-7-17(18)3/h4-9,14,16,20H,10-13,15H2,1-3H3,(H,23,26)/p+1/t20-/m0/s1. The Hall–Kier alpha value is -2.60. The van der Waals surface area contributed by atoms with Crippen LogP contribution in [0.15, 0.2) is 47.1 Å². The molecule has 6 heteroatoms. The number of carbonyl (C=O) groups is 2. The van der Waals surface area contributed by atoms with Crippen molar-refractivity contribution in [3.63, 3.8) is 0 Å². The highest BCUT2D eigenvalue weighted by Gasteiger charge is 2.32. The Bertz CT molecular complexity index is 793. The molecular weight excluding hydrogens is 354 g/mol. The van der Waals surface area contributed by atoms with Crippen LogP contribution in [-0.4, -0.2) is 48.9 Å². The van der Waals surface area contributed by atoms with Gasteiger partial charge in [-0.15, -0.1) is 0 Å². The van der Waals surface area contributed by atoms with E-state index in [0.29, 0.717) is 13.1 Å². The van der Waals surface area contributed by atoms with Crippen molar-refractivity contribution in [3.05, 3.63) is 59.5 Å². The van der Waals surface area contributed by atoms with Gasteiger partial charge in [-0.25, -0.2) is 0 Å². The van der Waals surface area contributed by atoms with Crippen molar-refractivity contribution in [2.75, 3.05) is 26.2 Å². The number of aryl methyl sites for hydroxylation is 1.